The molecule has 0 aliphatic carbocycles. The van der Waals surface area contributed by atoms with Gasteiger partial charge < -0.3 is 30.4 Å². The summed E-state index contributed by atoms with van der Waals surface area (Å²) >= 11 is 0. The predicted octanol–water partition coefficient (Wildman–Crippen LogP) is 2.15. The van der Waals surface area contributed by atoms with Gasteiger partial charge in [-0.15, -0.1) is 0 Å². The minimum Gasteiger partial charge on any atom is -0.467 e. The highest BCUT2D eigenvalue weighted by atomic mass is 16.6. The molecular weight excluding hydrogens is 468 g/mol. The van der Waals surface area contributed by atoms with Crippen molar-refractivity contribution in [2.75, 3.05) is 13.7 Å². The molecule has 2 aromatic carbocycles. The molecule has 0 fully saturated rings. The van der Waals surface area contributed by atoms with Gasteiger partial charge in [0.15, 0.2) is 5.66 Å². The molecule has 2 aromatic rings. The molecule has 2 rings (SSSR count). The Balaban J connectivity index is 2.35. The molecule has 2 atom stereocenters. The first-order valence-corrected chi connectivity index (χ1v) is 11.3. The zero-order valence-corrected chi connectivity index (χ0v) is 20.6. The maximum atomic E-state index is 13.5. The van der Waals surface area contributed by atoms with Crippen molar-refractivity contribution in [3.8, 4) is 0 Å². The highest BCUT2D eigenvalue weighted by Crippen LogP contribution is 2.36. The second-order valence-electron chi connectivity index (χ2n) is 8.29. The number of hydrogen-bond donors (Lipinski definition) is 2. The van der Waals surface area contributed by atoms with Crippen molar-refractivity contribution >= 4 is 23.9 Å². The summed E-state index contributed by atoms with van der Waals surface area (Å²) in [5.41, 5.74) is 8.84. The lowest BCUT2D eigenvalue weighted by molar-refractivity contribution is -0.183. The van der Waals surface area contributed by atoms with Gasteiger partial charge in [-0.3, -0.25) is 9.59 Å². The van der Waals surface area contributed by atoms with Crippen LogP contribution in [0.3, 0.4) is 0 Å². The fraction of sp³-hybridized carbons (Fsp3) is 0.385. The van der Waals surface area contributed by atoms with Gasteiger partial charge in [0.05, 0.1) is 13.7 Å². The van der Waals surface area contributed by atoms with Crippen molar-refractivity contribution in [3.63, 3.8) is 0 Å². The van der Waals surface area contributed by atoms with Crippen molar-refractivity contribution < 1.29 is 38.1 Å². The normalized spacial score (nSPS) is 13.6. The predicted molar refractivity (Wildman–Crippen MR) is 129 cm³/mol. The summed E-state index contributed by atoms with van der Waals surface area (Å²) in [6, 6.07) is 17.2. The zero-order valence-electron chi connectivity index (χ0n) is 20.6. The molecule has 0 radical (unpaired) electrons. The molecule has 0 aromatic heterocycles. The van der Waals surface area contributed by atoms with Crippen LogP contribution in [0.4, 0.5) is 0 Å². The van der Waals surface area contributed by atoms with Crippen molar-refractivity contribution in [2.24, 2.45) is 16.9 Å². The molecule has 0 saturated carbocycles. The summed E-state index contributed by atoms with van der Waals surface area (Å²) in [5, 5.41) is 0. The van der Waals surface area contributed by atoms with E-state index in [4.69, 9.17) is 25.7 Å². The number of carbonyl (C=O) groups is 4. The summed E-state index contributed by atoms with van der Waals surface area (Å²) in [6.45, 7) is 2.96. The Labute approximate surface area is 209 Å². The Morgan fingerprint density at radius 2 is 1.47 bits per heavy atom. The first-order valence-electron chi connectivity index (χ1n) is 11.3. The lowest BCUT2D eigenvalue weighted by Crippen LogP contribution is -2.70. The Bertz CT molecular complexity index is 1040. The number of ether oxygens (including phenoxy) is 4. The largest absolute Gasteiger partial charge is 0.467 e. The molecule has 0 aliphatic heterocycles. The van der Waals surface area contributed by atoms with Gasteiger partial charge in [0.1, 0.15) is 12.0 Å². The first-order chi connectivity index (χ1) is 17.1. The van der Waals surface area contributed by atoms with E-state index in [2.05, 4.69) is 4.74 Å². The van der Waals surface area contributed by atoms with E-state index in [1.165, 1.54) is 6.92 Å². The van der Waals surface area contributed by atoms with Crippen molar-refractivity contribution in [2.45, 2.75) is 45.1 Å². The van der Waals surface area contributed by atoms with Gasteiger partial charge >= 0.3 is 23.9 Å². The maximum Gasteiger partial charge on any atom is 0.352 e. The van der Waals surface area contributed by atoms with E-state index in [0.29, 0.717) is 5.56 Å². The minimum atomic E-state index is -2.39. The third-order valence-electron chi connectivity index (χ3n) is 5.79. The Hall–Kier alpha value is -3.76. The summed E-state index contributed by atoms with van der Waals surface area (Å²) < 4.78 is 20.6. The summed E-state index contributed by atoms with van der Waals surface area (Å²) in [4.78, 5) is 51.0. The van der Waals surface area contributed by atoms with Gasteiger partial charge in [0.25, 0.3) is 0 Å². The van der Waals surface area contributed by atoms with Gasteiger partial charge in [-0.05, 0) is 25.8 Å². The number of nitrogens with two attached hydrogens (primary N) is 2. The highest BCUT2D eigenvalue weighted by Gasteiger charge is 2.56. The number of methoxy groups -OCH3 is 1. The smallest absolute Gasteiger partial charge is 0.352 e. The maximum absolute atomic E-state index is 13.5. The third-order valence-corrected chi connectivity index (χ3v) is 5.79. The van der Waals surface area contributed by atoms with E-state index in [9.17, 15) is 19.2 Å². The van der Waals surface area contributed by atoms with E-state index in [1.54, 1.807) is 61.5 Å². The van der Waals surface area contributed by atoms with Crippen LogP contribution in [0.15, 0.2) is 60.7 Å². The molecule has 10 heteroatoms. The highest BCUT2D eigenvalue weighted by molar-refractivity contribution is 5.92. The van der Waals surface area contributed by atoms with E-state index >= 15 is 0 Å². The number of esters is 4. The Kier molecular flexibility index (Phi) is 10.1. The van der Waals surface area contributed by atoms with Crippen LogP contribution < -0.4 is 11.5 Å². The number of carbonyl (C=O) groups excluding carboxylic acids is 4. The second kappa shape index (κ2) is 12.8. The molecule has 0 aliphatic rings. The molecule has 194 valence electrons. The standard InChI is InChI=1S/C26H32N2O8/c1-4-34-20(29)15-16-25(2,26(27,28)24(32)33-3)23(31)36-21(19-13-9-6-10-14-19)22(30)35-17-18-11-7-5-8-12-18/h5-14,21H,4,15-17,27-28H2,1-3H3. The number of rotatable bonds is 12. The number of benzene rings is 2. The quantitative estimate of drug-likeness (QED) is 0.251. The molecule has 0 heterocycles. The van der Waals surface area contributed by atoms with Gasteiger partial charge in [-0.25, -0.2) is 9.59 Å². The van der Waals surface area contributed by atoms with Crippen LogP contribution in [0.1, 0.15) is 43.9 Å². The van der Waals surface area contributed by atoms with Gasteiger partial charge in [0, 0.05) is 12.0 Å². The Morgan fingerprint density at radius 1 is 0.889 bits per heavy atom. The monoisotopic (exact) mass is 500 g/mol. The van der Waals surface area contributed by atoms with Crippen molar-refractivity contribution in [1.29, 1.82) is 0 Å². The van der Waals surface area contributed by atoms with Crippen LogP contribution in [0.2, 0.25) is 0 Å². The molecule has 36 heavy (non-hydrogen) atoms. The SMILES string of the molecule is CCOC(=O)CCC(C)(C(=O)OC(C(=O)OCc1ccccc1)c1ccccc1)C(N)(N)C(=O)OC. The molecule has 4 N–H and O–H groups in total. The van der Waals surface area contributed by atoms with Gasteiger partial charge in [0.2, 0.25) is 6.10 Å². The average molecular weight is 501 g/mol. The van der Waals surface area contributed by atoms with Crippen LogP contribution in [-0.4, -0.2) is 43.3 Å². The van der Waals surface area contributed by atoms with Crippen molar-refractivity contribution in [1.82, 2.24) is 0 Å². The summed E-state index contributed by atoms with van der Waals surface area (Å²) in [5.74, 6) is -3.66. The van der Waals surface area contributed by atoms with E-state index in [0.717, 1.165) is 12.7 Å². The molecule has 0 spiro atoms. The summed E-state index contributed by atoms with van der Waals surface area (Å²) in [6.07, 6.45) is -2.09. The van der Waals surface area contributed by atoms with Crippen LogP contribution in [0.25, 0.3) is 0 Å². The van der Waals surface area contributed by atoms with E-state index in [1.807, 2.05) is 6.07 Å². The van der Waals surface area contributed by atoms with E-state index in [-0.39, 0.29) is 26.1 Å². The Morgan fingerprint density at radius 3 is 2.03 bits per heavy atom. The molecule has 0 bridgehead atoms. The molecule has 10 nitrogen and oxygen atoms in total. The average Bonchev–Trinajstić information content (AvgIpc) is 2.89. The molecular formula is C26H32N2O8. The molecule has 0 saturated heterocycles. The summed E-state index contributed by atoms with van der Waals surface area (Å²) in [7, 11) is 1.06. The van der Waals surface area contributed by atoms with Crippen LogP contribution in [-0.2, 0) is 44.7 Å². The van der Waals surface area contributed by atoms with Crippen LogP contribution >= 0.6 is 0 Å². The molecule has 2 unspecified atom stereocenters. The fourth-order valence-electron chi connectivity index (χ4n) is 3.38. The lowest BCUT2D eigenvalue weighted by Gasteiger charge is -2.39. The van der Waals surface area contributed by atoms with Crippen LogP contribution in [0.5, 0.6) is 0 Å². The van der Waals surface area contributed by atoms with Crippen LogP contribution in [0, 0.1) is 5.41 Å². The van der Waals surface area contributed by atoms with E-state index < -0.39 is 41.1 Å². The topological polar surface area (TPSA) is 157 Å². The fourth-order valence-corrected chi connectivity index (χ4v) is 3.38. The van der Waals surface area contributed by atoms with Gasteiger partial charge in [-0.1, -0.05) is 60.7 Å². The number of hydrogen-bond acceptors (Lipinski definition) is 10. The molecule has 0 amide bonds. The second-order valence-corrected chi connectivity index (χ2v) is 8.29. The minimum absolute atomic E-state index is 0.0550. The first kappa shape index (κ1) is 28.5. The lowest BCUT2D eigenvalue weighted by atomic mass is 9.73. The zero-order chi connectivity index (χ0) is 26.8. The van der Waals surface area contributed by atoms with Crippen molar-refractivity contribution in [3.05, 3.63) is 71.8 Å². The third kappa shape index (κ3) is 6.89. The van der Waals surface area contributed by atoms with Gasteiger partial charge in [-0.2, -0.15) is 0 Å².